The monoisotopic (exact) mass is 237 g/mol. The molecule has 90 valence electrons. The van der Waals surface area contributed by atoms with Crippen molar-refractivity contribution >= 4 is 0 Å². The first-order valence-corrected chi connectivity index (χ1v) is 5.10. The summed E-state index contributed by atoms with van der Waals surface area (Å²) in [6.45, 7) is 1.80. The van der Waals surface area contributed by atoms with Gasteiger partial charge in [0.1, 0.15) is 11.9 Å². The fourth-order valence-electron chi connectivity index (χ4n) is 1.42. The van der Waals surface area contributed by atoms with Crippen molar-refractivity contribution in [3.63, 3.8) is 0 Å². The van der Waals surface area contributed by atoms with E-state index in [2.05, 4.69) is 10.1 Å². The predicted molar refractivity (Wildman–Crippen MR) is 58.4 cm³/mol. The van der Waals surface area contributed by atoms with Crippen LogP contribution in [0.4, 0.5) is 4.39 Å². The maximum absolute atomic E-state index is 13.1. The summed E-state index contributed by atoms with van der Waals surface area (Å²) in [5.74, 6) is -0.105. The molecule has 17 heavy (non-hydrogen) atoms. The smallest absolute Gasteiger partial charge is 0.257 e. The molecule has 0 aliphatic carbocycles. The van der Waals surface area contributed by atoms with Crippen LogP contribution in [0.15, 0.2) is 22.7 Å². The zero-order valence-corrected chi connectivity index (χ0v) is 9.22. The molecular formula is C11H12FN3O2. The second-order valence-corrected chi connectivity index (χ2v) is 3.67. The molecule has 6 heteroatoms. The lowest BCUT2D eigenvalue weighted by molar-refractivity contribution is 0.141. The lowest BCUT2D eigenvalue weighted by Crippen LogP contribution is -2.11. The van der Waals surface area contributed by atoms with Gasteiger partial charge >= 0.3 is 0 Å². The summed E-state index contributed by atoms with van der Waals surface area (Å²) in [5.41, 5.74) is 6.62. The third-order valence-corrected chi connectivity index (χ3v) is 2.39. The van der Waals surface area contributed by atoms with Gasteiger partial charge in [-0.25, -0.2) is 4.39 Å². The summed E-state index contributed by atoms with van der Waals surface area (Å²) < 4.78 is 18.0. The Kier molecular flexibility index (Phi) is 3.16. The maximum atomic E-state index is 13.1. The van der Waals surface area contributed by atoms with Crippen LogP contribution in [-0.4, -0.2) is 21.8 Å². The van der Waals surface area contributed by atoms with E-state index in [4.69, 9.17) is 10.3 Å². The van der Waals surface area contributed by atoms with Gasteiger partial charge in [0, 0.05) is 12.1 Å². The molecule has 0 saturated carbocycles. The Bertz CT molecular complexity index is 527. The summed E-state index contributed by atoms with van der Waals surface area (Å²) in [4.78, 5) is 3.98. The van der Waals surface area contributed by atoms with Crippen LogP contribution < -0.4 is 5.73 Å². The van der Waals surface area contributed by atoms with Crippen LogP contribution in [0.2, 0.25) is 0 Å². The van der Waals surface area contributed by atoms with Crippen molar-refractivity contribution in [2.24, 2.45) is 5.73 Å². The van der Waals surface area contributed by atoms with E-state index in [0.717, 1.165) is 5.56 Å². The lowest BCUT2D eigenvalue weighted by Gasteiger charge is -2.00. The Morgan fingerprint density at radius 3 is 3.00 bits per heavy atom. The molecule has 1 heterocycles. The number of aromatic nitrogens is 2. The Balaban J connectivity index is 2.40. The van der Waals surface area contributed by atoms with Gasteiger partial charge in [-0.2, -0.15) is 4.98 Å². The van der Waals surface area contributed by atoms with Crippen LogP contribution in [-0.2, 0) is 0 Å². The topological polar surface area (TPSA) is 85.2 Å². The molecule has 1 aromatic heterocycles. The first-order chi connectivity index (χ1) is 8.11. The standard InChI is InChI=1S/C11H12FN3O2/c1-6-2-3-7(12)4-8(6)10-14-11(17-15-10)9(16)5-13/h2-4,9,16H,5,13H2,1H3. The summed E-state index contributed by atoms with van der Waals surface area (Å²) in [6.07, 6.45) is -0.995. The van der Waals surface area contributed by atoms with Gasteiger partial charge in [0.15, 0.2) is 0 Å². The molecule has 1 atom stereocenters. The van der Waals surface area contributed by atoms with Crippen molar-refractivity contribution in [2.75, 3.05) is 6.54 Å². The molecule has 0 saturated heterocycles. The van der Waals surface area contributed by atoms with Crippen LogP contribution >= 0.6 is 0 Å². The van der Waals surface area contributed by atoms with Crippen LogP contribution in [0, 0.1) is 12.7 Å². The van der Waals surface area contributed by atoms with Gasteiger partial charge in [-0.05, 0) is 24.6 Å². The third-order valence-electron chi connectivity index (χ3n) is 2.39. The van der Waals surface area contributed by atoms with Gasteiger partial charge in [0.05, 0.1) is 0 Å². The number of nitrogens with two attached hydrogens (primary N) is 1. The van der Waals surface area contributed by atoms with E-state index in [0.29, 0.717) is 5.56 Å². The highest BCUT2D eigenvalue weighted by Crippen LogP contribution is 2.22. The second kappa shape index (κ2) is 4.60. The SMILES string of the molecule is Cc1ccc(F)cc1-c1noc(C(O)CN)n1. The number of aryl methyl sites for hydroxylation is 1. The highest BCUT2D eigenvalue weighted by atomic mass is 19.1. The minimum Gasteiger partial charge on any atom is -0.382 e. The highest BCUT2D eigenvalue weighted by molar-refractivity contribution is 5.59. The van der Waals surface area contributed by atoms with Gasteiger partial charge in [-0.1, -0.05) is 11.2 Å². The molecule has 0 spiro atoms. The third kappa shape index (κ3) is 2.32. The zero-order chi connectivity index (χ0) is 12.4. The van der Waals surface area contributed by atoms with Crippen LogP contribution in [0.5, 0.6) is 0 Å². The van der Waals surface area contributed by atoms with Crippen molar-refractivity contribution in [3.8, 4) is 11.4 Å². The number of halogens is 1. The number of hydrogen-bond acceptors (Lipinski definition) is 5. The molecule has 0 fully saturated rings. The van der Waals surface area contributed by atoms with Gasteiger partial charge in [0.2, 0.25) is 5.82 Å². The minimum absolute atomic E-state index is 0.0102. The fraction of sp³-hybridized carbons (Fsp3) is 0.273. The molecule has 1 aromatic carbocycles. The van der Waals surface area contributed by atoms with Crippen molar-refractivity contribution in [1.29, 1.82) is 0 Å². The normalized spacial score (nSPS) is 12.7. The summed E-state index contributed by atoms with van der Waals surface area (Å²) in [7, 11) is 0. The molecule has 2 aromatic rings. The van der Waals surface area contributed by atoms with Gasteiger partial charge in [-0.15, -0.1) is 0 Å². The average Bonchev–Trinajstić information content (AvgIpc) is 2.80. The van der Waals surface area contributed by atoms with E-state index in [9.17, 15) is 9.50 Å². The van der Waals surface area contributed by atoms with Crippen LogP contribution in [0.1, 0.15) is 17.6 Å². The second-order valence-electron chi connectivity index (χ2n) is 3.67. The quantitative estimate of drug-likeness (QED) is 0.837. The molecule has 5 nitrogen and oxygen atoms in total. The molecule has 0 amide bonds. The molecule has 0 aliphatic rings. The van der Waals surface area contributed by atoms with Gasteiger partial charge in [0.25, 0.3) is 5.89 Å². The maximum Gasteiger partial charge on any atom is 0.257 e. The molecule has 2 rings (SSSR count). The molecule has 1 unspecified atom stereocenters. The number of benzene rings is 1. The van der Waals surface area contributed by atoms with E-state index in [1.807, 2.05) is 6.92 Å². The Morgan fingerprint density at radius 1 is 1.53 bits per heavy atom. The Hall–Kier alpha value is -1.79. The number of aliphatic hydroxyl groups is 1. The first kappa shape index (κ1) is 11.7. The molecule has 0 bridgehead atoms. The van der Waals surface area contributed by atoms with E-state index < -0.39 is 6.10 Å². The van der Waals surface area contributed by atoms with E-state index in [1.165, 1.54) is 12.1 Å². The van der Waals surface area contributed by atoms with Gasteiger partial charge in [-0.3, -0.25) is 0 Å². The van der Waals surface area contributed by atoms with E-state index in [-0.39, 0.29) is 24.1 Å². The predicted octanol–water partition coefficient (Wildman–Crippen LogP) is 1.18. The molecular weight excluding hydrogens is 225 g/mol. The molecule has 0 radical (unpaired) electrons. The number of aliphatic hydroxyl groups excluding tert-OH is 1. The minimum atomic E-state index is -0.995. The summed E-state index contributed by atoms with van der Waals surface area (Å²) in [5, 5.41) is 13.1. The van der Waals surface area contributed by atoms with Crippen molar-refractivity contribution in [1.82, 2.24) is 10.1 Å². The van der Waals surface area contributed by atoms with Gasteiger partial charge < -0.3 is 15.4 Å². The average molecular weight is 237 g/mol. The molecule has 0 aliphatic heterocycles. The summed E-state index contributed by atoms with van der Waals surface area (Å²) >= 11 is 0. The molecule has 3 N–H and O–H groups in total. The highest BCUT2D eigenvalue weighted by Gasteiger charge is 2.16. The Labute approximate surface area is 97.1 Å². The number of nitrogens with zero attached hydrogens (tertiary/aromatic N) is 2. The van der Waals surface area contributed by atoms with Crippen LogP contribution in [0.3, 0.4) is 0 Å². The number of rotatable bonds is 3. The largest absolute Gasteiger partial charge is 0.382 e. The van der Waals surface area contributed by atoms with E-state index >= 15 is 0 Å². The Morgan fingerprint density at radius 2 is 2.29 bits per heavy atom. The first-order valence-electron chi connectivity index (χ1n) is 5.10. The van der Waals surface area contributed by atoms with Crippen LogP contribution in [0.25, 0.3) is 11.4 Å². The fourth-order valence-corrected chi connectivity index (χ4v) is 1.42. The lowest BCUT2D eigenvalue weighted by atomic mass is 10.1. The van der Waals surface area contributed by atoms with Crippen molar-refractivity contribution in [3.05, 3.63) is 35.5 Å². The van der Waals surface area contributed by atoms with Crippen molar-refractivity contribution in [2.45, 2.75) is 13.0 Å². The van der Waals surface area contributed by atoms with E-state index in [1.54, 1.807) is 6.07 Å². The zero-order valence-electron chi connectivity index (χ0n) is 9.22. The summed E-state index contributed by atoms with van der Waals surface area (Å²) in [6, 6.07) is 4.30. The number of hydrogen-bond donors (Lipinski definition) is 2. The van der Waals surface area contributed by atoms with Crippen molar-refractivity contribution < 1.29 is 14.0 Å².